The molecule has 0 aromatic heterocycles. The van der Waals surface area contributed by atoms with Crippen molar-refractivity contribution in [2.24, 2.45) is 0 Å². The van der Waals surface area contributed by atoms with Gasteiger partial charge in [-0.05, 0) is 38.3 Å². The molecule has 0 radical (unpaired) electrons. The van der Waals surface area contributed by atoms with E-state index in [0.717, 1.165) is 18.6 Å². The highest BCUT2D eigenvalue weighted by Crippen LogP contribution is 2.17. The Bertz CT molecular complexity index is 269. The Morgan fingerprint density at radius 1 is 1.40 bits per heavy atom. The number of unbranched alkanes of at least 4 members (excludes halogenated alkanes) is 1. The molecule has 1 heteroatoms. The van der Waals surface area contributed by atoms with Gasteiger partial charge >= 0.3 is 0 Å². The fourth-order valence-corrected chi connectivity index (χ4v) is 1.27. The van der Waals surface area contributed by atoms with E-state index in [9.17, 15) is 0 Å². The molecule has 0 aromatic rings. The summed E-state index contributed by atoms with van der Waals surface area (Å²) in [5.74, 6) is 1.58. The van der Waals surface area contributed by atoms with E-state index in [2.05, 4.69) is 20.1 Å². The van der Waals surface area contributed by atoms with E-state index >= 15 is 0 Å². The topological polar surface area (TPSA) is 9.23 Å². The average molecular weight is 206 g/mol. The van der Waals surface area contributed by atoms with Crippen LogP contribution >= 0.6 is 0 Å². The van der Waals surface area contributed by atoms with Crippen LogP contribution in [0.4, 0.5) is 0 Å². The summed E-state index contributed by atoms with van der Waals surface area (Å²) >= 11 is 0. The summed E-state index contributed by atoms with van der Waals surface area (Å²) < 4.78 is 5.57. The lowest BCUT2D eigenvalue weighted by molar-refractivity contribution is 0.318. The number of allylic oxidation sites excluding steroid dienone is 5. The third-order valence-corrected chi connectivity index (χ3v) is 2.14. The van der Waals surface area contributed by atoms with Gasteiger partial charge in [0.1, 0.15) is 11.5 Å². The highest BCUT2D eigenvalue weighted by Gasteiger charge is 2.00. The van der Waals surface area contributed by atoms with Crippen LogP contribution in [0.2, 0.25) is 0 Å². The van der Waals surface area contributed by atoms with E-state index < -0.39 is 0 Å². The van der Waals surface area contributed by atoms with Crippen molar-refractivity contribution in [2.75, 3.05) is 0 Å². The molecule has 0 aromatic carbocycles. The van der Waals surface area contributed by atoms with Gasteiger partial charge in [0.15, 0.2) is 0 Å². The van der Waals surface area contributed by atoms with Crippen LogP contribution in [0.15, 0.2) is 48.5 Å². The smallest absolute Gasteiger partial charge is 0.119 e. The summed E-state index contributed by atoms with van der Waals surface area (Å²) in [7, 11) is 0. The number of rotatable bonds is 7. The Balaban J connectivity index is 4.43. The molecular weight excluding hydrogens is 184 g/mol. The van der Waals surface area contributed by atoms with Crippen LogP contribution in [0.5, 0.6) is 0 Å². The summed E-state index contributed by atoms with van der Waals surface area (Å²) in [6, 6.07) is 0. The van der Waals surface area contributed by atoms with Gasteiger partial charge in [-0.15, -0.1) is 0 Å². The van der Waals surface area contributed by atoms with Crippen molar-refractivity contribution in [1.29, 1.82) is 0 Å². The van der Waals surface area contributed by atoms with Crippen molar-refractivity contribution in [2.45, 2.75) is 40.0 Å². The lowest BCUT2D eigenvalue weighted by atomic mass is 10.1. The lowest BCUT2D eigenvalue weighted by Crippen LogP contribution is -1.91. The number of hydrogen-bond acceptors (Lipinski definition) is 1. The zero-order chi connectivity index (χ0) is 11.7. The second-order valence-electron chi connectivity index (χ2n) is 3.46. The van der Waals surface area contributed by atoms with E-state index in [1.165, 1.54) is 12.0 Å². The van der Waals surface area contributed by atoms with E-state index in [4.69, 9.17) is 4.74 Å². The molecule has 15 heavy (non-hydrogen) atoms. The SMILES string of the molecule is C=CC(CCCC)=C(C)OC(=C)C=CC. The number of ether oxygens (including phenoxy) is 1. The van der Waals surface area contributed by atoms with Crippen LogP contribution in [-0.4, -0.2) is 0 Å². The van der Waals surface area contributed by atoms with Crippen molar-refractivity contribution in [3.8, 4) is 0 Å². The van der Waals surface area contributed by atoms with Gasteiger partial charge in [-0.25, -0.2) is 0 Å². The van der Waals surface area contributed by atoms with Crippen molar-refractivity contribution in [3.05, 3.63) is 48.5 Å². The lowest BCUT2D eigenvalue weighted by Gasteiger charge is -2.10. The van der Waals surface area contributed by atoms with Crippen molar-refractivity contribution in [1.82, 2.24) is 0 Å². The first kappa shape index (κ1) is 13.8. The highest BCUT2D eigenvalue weighted by atomic mass is 16.5. The summed E-state index contributed by atoms with van der Waals surface area (Å²) in [4.78, 5) is 0. The largest absolute Gasteiger partial charge is 0.462 e. The minimum Gasteiger partial charge on any atom is -0.462 e. The summed E-state index contributed by atoms with van der Waals surface area (Å²) in [5.41, 5.74) is 1.17. The molecule has 0 unspecified atom stereocenters. The van der Waals surface area contributed by atoms with Gasteiger partial charge in [-0.3, -0.25) is 0 Å². The molecule has 0 N–H and O–H groups in total. The Hall–Kier alpha value is -1.24. The quantitative estimate of drug-likeness (QED) is 0.431. The predicted molar refractivity (Wildman–Crippen MR) is 67.5 cm³/mol. The van der Waals surface area contributed by atoms with E-state index in [0.29, 0.717) is 5.76 Å². The van der Waals surface area contributed by atoms with Crippen molar-refractivity contribution >= 4 is 0 Å². The van der Waals surface area contributed by atoms with Gasteiger partial charge in [-0.1, -0.05) is 38.7 Å². The normalized spacial score (nSPS) is 12.5. The van der Waals surface area contributed by atoms with Gasteiger partial charge in [0.05, 0.1) is 0 Å². The molecule has 0 saturated heterocycles. The van der Waals surface area contributed by atoms with E-state index in [-0.39, 0.29) is 0 Å². The van der Waals surface area contributed by atoms with Crippen molar-refractivity contribution in [3.63, 3.8) is 0 Å². The molecule has 0 heterocycles. The molecule has 0 rings (SSSR count). The second kappa shape index (κ2) is 8.10. The highest BCUT2D eigenvalue weighted by molar-refractivity contribution is 5.21. The maximum Gasteiger partial charge on any atom is 0.119 e. The van der Waals surface area contributed by atoms with Crippen molar-refractivity contribution < 1.29 is 4.74 Å². The first-order valence-electron chi connectivity index (χ1n) is 5.47. The van der Waals surface area contributed by atoms with Gasteiger partial charge in [-0.2, -0.15) is 0 Å². The Morgan fingerprint density at radius 2 is 2.07 bits per heavy atom. The molecule has 84 valence electrons. The zero-order valence-electron chi connectivity index (χ0n) is 10.2. The standard InChI is InChI=1S/C14H22O/c1-6-9-11-14(8-3)13(5)15-12(4)10-7-2/h7-8,10H,3-4,6,9,11H2,1-2,5H3. The molecule has 0 bridgehead atoms. The van der Waals surface area contributed by atoms with Crippen LogP contribution in [-0.2, 0) is 4.74 Å². The van der Waals surface area contributed by atoms with Crippen LogP contribution in [0.3, 0.4) is 0 Å². The molecule has 1 nitrogen and oxygen atoms in total. The van der Waals surface area contributed by atoms with Crippen LogP contribution in [0, 0.1) is 0 Å². The molecule has 0 atom stereocenters. The fourth-order valence-electron chi connectivity index (χ4n) is 1.27. The molecule has 0 spiro atoms. The minimum absolute atomic E-state index is 0.672. The van der Waals surface area contributed by atoms with Gasteiger partial charge < -0.3 is 4.74 Å². The molecule has 0 aliphatic carbocycles. The zero-order valence-corrected chi connectivity index (χ0v) is 10.2. The summed E-state index contributed by atoms with van der Waals surface area (Å²) in [6.07, 6.45) is 9.00. The van der Waals surface area contributed by atoms with Gasteiger partial charge in [0, 0.05) is 0 Å². The molecule has 0 amide bonds. The molecule has 0 aliphatic heterocycles. The summed E-state index contributed by atoms with van der Waals surface area (Å²) in [6.45, 7) is 13.7. The van der Waals surface area contributed by atoms with E-state index in [1.807, 2.05) is 32.1 Å². The first-order chi connectivity index (χ1) is 7.15. The molecular formula is C14H22O. The van der Waals surface area contributed by atoms with E-state index in [1.54, 1.807) is 0 Å². The molecule has 0 fully saturated rings. The van der Waals surface area contributed by atoms with Crippen LogP contribution < -0.4 is 0 Å². The minimum atomic E-state index is 0.672. The first-order valence-corrected chi connectivity index (χ1v) is 5.47. The Kier molecular flexibility index (Phi) is 7.43. The Morgan fingerprint density at radius 3 is 2.53 bits per heavy atom. The second-order valence-corrected chi connectivity index (χ2v) is 3.46. The van der Waals surface area contributed by atoms with Crippen LogP contribution in [0.1, 0.15) is 40.0 Å². The third kappa shape index (κ3) is 5.95. The summed E-state index contributed by atoms with van der Waals surface area (Å²) in [5, 5.41) is 0. The maximum atomic E-state index is 5.57. The molecule has 0 saturated carbocycles. The van der Waals surface area contributed by atoms with Gasteiger partial charge in [0.25, 0.3) is 0 Å². The fraction of sp³-hybridized carbons (Fsp3) is 0.429. The third-order valence-electron chi connectivity index (χ3n) is 2.14. The monoisotopic (exact) mass is 206 g/mol. The molecule has 0 aliphatic rings. The van der Waals surface area contributed by atoms with Gasteiger partial charge in [0.2, 0.25) is 0 Å². The maximum absolute atomic E-state index is 5.57. The predicted octanol–water partition coefficient (Wildman–Crippen LogP) is 4.74. The average Bonchev–Trinajstić information content (AvgIpc) is 2.19. The van der Waals surface area contributed by atoms with Crippen LogP contribution in [0.25, 0.3) is 0 Å². The number of hydrogen-bond donors (Lipinski definition) is 0. The Labute approximate surface area is 93.8 Å².